The predicted octanol–water partition coefficient (Wildman–Crippen LogP) is 3.75. The lowest BCUT2D eigenvalue weighted by Crippen LogP contribution is -2.45. The monoisotopic (exact) mass is 416 g/mol. The van der Waals surface area contributed by atoms with Crippen LogP contribution in [-0.4, -0.2) is 53.5 Å². The predicted molar refractivity (Wildman–Crippen MR) is 109 cm³/mol. The fourth-order valence-electron chi connectivity index (χ4n) is 3.67. The number of amides is 2. The van der Waals surface area contributed by atoms with Gasteiger partial charge in [-0.3, -0.25) is 9.59 Å². The van der Waals surface area contributed by atoms with E-state index in [-0.39, 0.29) is 30.5 Å². The van der Waals surface area contributed by atoms with Crippen molar-refractivity contribution in [2.24, 2.45) is 0 Å². The molecule has 0 unspecified atom stereocenters. The van der Waals surface area contributed by atoms with E-state index in [1.54, 1.807) is 40.3 Å². The van der Waals surface area contributed by atoms with E-state index in [0.717, 1.165) is 38.1 Å². The number of furan rings is 1. The molecule has 1 saturated carbocycles. The zero-order valence-corrected chi connectivity index (χ0v) is 17.0. The van der Waals surface area contributed by atoms with Crippen molar-refractivity contribution < 1.29 is 18.7 Å². The molecule has 29 heavy (non-hydrogen) atoms. The number of carbonyl (C=O) groups excluding carboxylic acids is 2. The standard InChI is InChI=1S/C22H25ClN2O4/c23-17-5-1-4-16(12-17)22(27)25(18-8-9-18)15-21(26)24(13-19-6-2-10-28-19)14-20-7-3-11-29-20/h1-2,4-6,10,12,18,20H,3,7-9,11,13-15H2/t20-/m0/s1. The van der Waals surface area contributed by atoms with Crippen molar-refractivity contribution in [3.63, 3.8) is 0 Å². The summed E-state index contributed by atoms with van der Waals surface area (Å²) in [5.74, 6) is 0.466. The van der Waals surface area contributed by atoms with Gasteiger partial charge >= 0.3 is 0 Å². The first-order valence-electron chi connectivity index (χ1n) is 10.1. The van der Waals surface area contributed by atoms with E-state index in [2.05, 4.69) is 0 Å². The van der Waals surface area contributed by atoms with Crippen LogP contribution < -0.4 is 0 Å². The molecule has 6 nitrogen and oxygen atoms in total. The molecule has 2 aliphatic rings. The number of hydrogen-bond donors (Lipinski definition) is 0. The molecular formula is C22H25ClN2O4. The van der Waals surface area contributed by atoms with Crippen LogP contribution in [0.4, 0.5) is 0 Å². The molecular weight excluding hydrogens is 392 g/mol. The molecule has 4 rings (SSSR count). The molecule has 1 atom stereocenters. The van der Waals surface area contributed by atoms with Crippen LogP contribution in [0.15, 0.2) is 47.1 Å². The average molecular weight is 417 g/mol. The van der Waals surface area contributed by atoms with Crippen LogP contribution in [0.1, 0.15) is 41.8 Å². The van der Waals surface area contributed by atoms with Gasteiger partial charge in [-0.1, -0.05) is 17.7 Å². The quantitative estimate of drug-likeness (QED) is 0.657. The van der Waals surface area contributed by atoms with Gasteiger partial charge in [0.05, 0.1) is 18.9 Å². The molecule has 0 N–H and O–H groups in total. The van der Waals surface area contributed by atoms with Gasteiger partial charge in [0.2, 0.25) is 5.91 Å². The van der Waals surface area contributed by atoms with E-state index in [1.807, 2.05) is 12.1 Å². The zero-order chi connectivity index (χ0) is 20.2. The maximum absolute atomic E-state index is 13.2. The Labute approximate surface area is 175 Å². The second kappa shape index (κ2) is 9.01. The van der Waals surface area contributed by atoms with E-state index in [9.17, 15) is 9.59 Å². The van der Waals surface area contributed by atoms with Crippen molar-refractivity contribution in [1.82, 2.24) is 9.80 Å². The zero-order valence-electron chi connectivity index (χ0n) is 16.3. The van der Waals surface area contributed by atoms with Crippen LogP contribution in [0.3, 0.4) is 0 Å². The molecule has 2 heterocycles. The summed E-state index contributed by atoms with van der Waals surface area (Å²) >= 11 is 6.05. The van der Waals surface area contributed by atoms with Crippen LogP contribution in [0, 0.1) is 0 Å². The van der Waals surface area contributed by atoms with E-state index >= 15 is 0 Å². The van der Waals surface area contributed by atoms with Crippen molar-refractivity contribution in [1.29, 1.82) is 0 Å². The Bertz CT molecular complexity index is 844. The summed E-state index contributed by atoms with van der Waals surface area (Å²) in [4.78, 5) is 29.7. The van der Waals surface area contributed by atoms with Gasteiger partial charge in [-0.2, -0.15) is 0 Å². The highest BCUT2D eigenvalue weighted by atomic mass is 35.5. The first-order chi connectivity index (χ1) is 14.1. The number of carbonyl (C=O) groups is 2. The fraction of sp³-hybridized carbons (Fsp3) is 0.455. The van der Waals surface area contributed by atoms with E-state index < -0.39 is 0 Å². The minimum Gasteiger partial charge on any atom is -0.467 e. The molecule has 0 bridgehead atoms. The molecule has 1 saturated heterocycles. The lowest BCUT2D eigenvalue weighted by molar-refractivity contribution is -0.134. The second-order valence-electron chi connectivity index (χ2n) is 7.66. The van der Waals surface area contributed by atoms with Crippen molar-refractivity contribution in [3.8, 4) is 0 Å². The van der Waals surface area contributed by atoms with Crippen molar-refractivity contribution in [3.05, 3.63) is 59.0 Å². The smallest absolute Gasteiger partial charge is 0.254 e. The maximum atomic E-state index is 13.2. The summed E-state index contributed by atoms with van der Waals surface area (Å²) in [6.07, 6.45) is 5.42. The fourth-order valence-corrected chi connectivity index (χ4v) is 3.86. The minimum atomic E-state index is -0.154. The van der Waals surface area contributed by atoms with Gasteiger partial charge in [0.25, 0.3) is 5.91 Å². The molecule has 0 radical (unpaired) electrons. The first-order valence-corrected chi connectivity index (χ1v) is 10.5. The molecule has 1 aromatic heterocycles. The Balaban J connectivity index is 1.48. The average Bonchev–Trinajstić information content (AvgIpc) is 3.18. The number of hydrogen-bond acceptors (Lipinski definition) is 4. The van der Waals surface area contributed by atoms with Gasteiger partial charge in [0.15, 0.2) is 0 Å². The molecule has 0 spiro atoms. The Morgan fingerprint density at radius 1 is 1.14 bits per heavy atom. The Hall–Kier alpha value is -2.31. The minimum absolute atomic E-state index is 0.0342. The molecule has 2 amide bonds. The van der Waals surface area contributed by atoms with E-state index in [4.69, 9.17) is 20.8 Å². The Kier molecular flexibility index (Phi) is 6.21. The first kappa shape index (κ1) is 20.0. The summed E-state index contributed by atoms with van der Waals surface area (Å²) in [6, 6.07) is 10.6. The normalized spacial score (nSPS) is 18.6. The third-order valence-corrected chi connectivity index (χ3v) is 5.59. The highest BCUT2D eigenvalue weighted by molar-refractivity contribution is 6.31. The molecule has 1 aromatic carbocycles. The number of benzene rings is 1. The van der Waals surface area contributed by atoms with Gasteiger partial charge in [0, 0.05) is 29.8 Å². The van der Waals surface area contributed by atoms with E-state index in [1.165, 1.54) is 0 Å². The van der Waals surface area contributed by atoms with Gasteiger partial charge in [-0.15, -0.1) is 0 Å². The summed E-state index contributed by atoms with van der Waals surface area (Å²) < 4.78 is 11.2. The van der Waals surface area contributed by atoms with Crippen LogP contribution in [0.5, 0.6) is 0 Å². The molecule has 2 fully saturated rings. The van der Waals surface area contributed by atoms with Crippen LogP contribution in [0.25, 0.3) is 0 Å². The van der Waals surface area contributed by atoms with Gasteiger partial charge in [-0.25, -0.2) is 0 Å². The third-order valence-electron chi connectivity index (χ3n) is 5.35. The number of ether oxygens (including phenoxy) is 1. The molecule has 1 aliphatic heterocycles. The SMILES string of the molecule is O=C(CN(C(=O)c1cccc(Cl)c1)C1CC1)N(Cc1ccco1)C[C@@H]1CCCO1. The number of halogens is 1. The molecule has 154 valence electrons. The van der Waals surface area contributed by atoms with Crippen molar-refractivity contribution in [2.75, 3.05) is 19.7 Å². The van der Waals surface area contributed by atoms with Crippen molar-refractivity contribution >= 4 is 23.4 Å². The van der Waals surface area contributed by atoms with Gasteiger partial charge in [-0.05, 0) is 56.0 Å². The Morgan fingerprint density at radius 3 is 2.66 bits per heavy atom. The lowest BCUT2D eigenvalue weighted by atomic mass is 10.2. The topological polar surface area (TPSA) is 63.0 Å². The van der Waals surface area contributed by atoms with Crippen LogP contribution >= 0.6 is 11.6 Å². The Morgan fingerprint density at radius 2 is 2.00 bits per heavy atom. The van der Waals surface area contributed by atoms with Gasteiger partial charge in [0.1, 0.15) is 12.3 Å². The maximum Gasteiger partial charge on any atom is 0.254 e. The molecule has 2 aromatic rings. The van der Waals surface area contributed by atoms with Crippen LogP contribution in [0.2, 0.25) is 5.02 Å². The third kappa shape index (κ3) is 5.19. The lowest BCUT2D eigenvalue weighted by Gasteiger charge is -2.29. The largest absolute Gasteiger partial charge is 0.467 e. The number of nitrogens with zero attached hydrogens (tertiary/aromatic N) is 2. The van der Waals surface area contributed by atoms with E-state index in [0.29, 0.717) is 23.7 Å². The number of rotatable bonds is 8. The second-order valence-corrected chi connectivity index (χ2v) is 8.10. The molecule has 7 heteroatoms. The summed E-state index contributed by atoms with van der Waals surface area (Å²) in [6.45, 7) is 1.65. The highest BCUT2D eigenvalue weighted by Crippen LogP contribution is 2.29. The summed E-state index contributed by atoms with van der Waals surface area (Å²) in [5, 5.41) is 0.510. The summed E-state index contributed by atoms with van der Waals surface area (Å²) in [5.41, 5.74) is 0.508. The highest BCUT2D eigenvalue weighted by Gasteiger charge is 2.36. The van der Waals surface area contributed by atoms with Crippen molar-refractivity contribution in [2.45, 2.75) is 44.4 Å². The van der Waals surface area contributed by atoms with Crippen LogP contribution in [-0.2, 0) is 16.1 Å². The molecule has 1 aliphatic carbocycles. The van der Waals surface area contributed by atoms with Gasteiger partial charge < -0.3 is 19.0 Å². The summed E-state index contributed by atoms with van der Waals surface area (Å²) in [7, 11) is 0.